The molecule has 0 spiro atoms. The average Bonchev–Trinajstić information content (AvgIpc) is 2.74. The van der Waals surface area contributed by atoms with Gasteiger partial charge in [0.25, 0.3) is 0 Å². The molecule has 0 bridgehead atoms. The van der Waals surface area contributed by atoms with Crippen LogP contribution in [0.4, 0.5) is 4.39 Å². The zero-order chi connectivity index (χ0) is 11.6. The van der Waals surface area contributed by atoms with Crippen molar-refractivity contribution in [2.45, 2.75) is 32.1 Å². The lowest BCUT2D eigenvalue weighted by atomic mass is 9.82. The van der Waals surface area contributed by atoms with Crippen molar-refractivity contribution in [3.8, 4) is 0 Å². The van der Waals surface area contributed by atoms with Gasteiger partial charge in [-0.1, -0.05) is 52.5 Å². The molecule has 16 heavy (non-hydrogen) atoms. The smallest absolute Gasteiger partial charge is 0.142 e. The number of hydrogen-bond donors (Lipinski definition) is 0. The Labute approximate surface area is 109 Å². The van der Waals surface area contributed by atoms with Crippen LogP contribution in [0.5, 0.6) is 0 Å². The maximum atomic E-state index is 13.3. The van der Waals surface area contributed by atoms with Crippen molar-refractivity contribution < 1.29 is 4.39 Å². The highest BCUT2D eigenvalue weighted by Gasteiger charge is 2.33. The summed E-state index contributed by atoms with van der Waals surface area (Å²) in [5, 5.41) is 1.28. The van der Waals surface area contributed by atoms with Crippen LogP contribution in [0.2, 0.25) is 5.02 Å². The molecule has 0 unspecified atom stereocenters. The van der Waals surface area contributed by atoms with E-state index in [1.165, 1.54) is 31.7 Å². The van der Waals surface area contributed by atoms with Gasteiger partial charge in [-0.15, -0.1) is 0 Å². The van der Waals surface area contributed by atoms with Gasteiger partial charge in [0.2, 0.25) is 0 Å². The maximum Gasteiger partial charge on any atom is 0.142 e. The topological polar surface area (TPSA) is 0 Å². The quantitative estimate of drug-likeness (QED) is 0.691. The van der Waals surface area contributed by atoms with Crippen molar-refractivity contribution in [1.29, 1.82) is 0 Å². The molecule has 1 fully saturated rings. The normalized spacial score (nSPS) is 18.9. The number of halogens is 3. The zero-order valence-corrected chi connectivity index (χ0v) is 11.5. The predicted octanol–water partition coefficient (Wildman–Crippen LogP) is 4.98. The van der Waals surface area contributed by atoms with Gasteiger partial charge in [0.1, 0.15) is 5.82 Å². The van der Waals surface area contributed by atoms with Crippen LogP contribution in [-0.2, 0) is 6.42 Å². The van der Waals surface area contributed by atoms with Gasteiger partial charge in [-0.05, 0) is 36.3 Å². The Morgan fingerprint density at radius 2 is 2.00 bits per heavy atom. The highest BCUT2D eigenvalue weighted by atomic mass is 79.9. The summed E-state index contributed by atoms with van der Waals surface area (Å²) in [6.07, 6.45) is 5.86. The molecule has 1 aromatic rings. The minimum atomic E-state index is -0.304. The maximum absolute atomic E-state index is 13.3. The van der Waals surface area contributed by atoms with Gasteiger partial charge in [-0.3, -0.25) is 0 Å². The second kappa shape index (κ2) is 5.05. The van der Waals surface area contributed by atoms with Gasteiger partial charge >= 0.3 is 0 Å². The summed E-state index contributed by atoms with van der Waals surface area (Å²) < 4.78 is 13.3. The molecule has 1 aliphatic carbocycles. The molecule has 0 heterocycles. The van der Waals surface area contributed by atoms with Crippen molar-refractivity contribution >= 4 is 27.5 Å². The molecule has 0 nitrogen and oxygen atoms in total. The Kier molecular flexibility index (Phi) is 3.91. The molecule has 0 saturated heterocycles. The largest absolute Gasteiger partial charge is 0.205 e. The molecular formula is C13H15BrClF. The molecule has 1 aliphatic rings. The second-order valence-corrected chi connectivity index (χ2v) is 5.67. The first-order chi connectivity index (χ1) is 7.67. The van der Waals surface area contributed by atoms with E-state index in [0.717, 1.165) is 17.3 Å². The standard InChI is InChI=1S/C13H15BrClF/c14-9-13(6-1-2-7-13)8-10-4-3-5-11(16)12(10)15/h3-5H,1-2,6-9H2. The Morgan fingerprint density at radius 1 is 1.31 bits per heavy atom. The molecule has 1 saturated carbocycles. The van der Waals surface area contributed by atoms with E-state index in [1.807, 2.05) is 6.07 Å². The molecule has 1 aromatic carbocycles. The van der Waals surface area contributed by atoms with Gasteiger partial charge in [-0.25, -0.2) is 4.39 Å². The Bertz CT molecular complexity index is 372. The fourth-order valence-electron chi connectivity index (χ4n) is 2.57. The molecule has 0 atom stereocenters. The summed E-state index contributed by atoms with van der Waals surface area (Å²) in [4.78, 5) is 0. The summed E-state index contributed by atoms with van der Waals surface area (Å²) in [5.74, 6) is -0.304. The van der Waals surface area contributed by atoms with Crippen LogP contribution in [-0.4, -0.2) is 5.33 Å². The second-order valence-electron chi connectivity index (χ2n) is 4.73. The molecule has 88 valence electrons. The van der Waals surface area contributed by atoms with E-state index in [0.29, 0.717) is 5.02 Å². The van der Waals surface area contributed by atoms with Crippen LogP contribution in [0.15, 0.2) is 18.2 Å². The fourth-order valence-corrected chi connectivity index (χ4v) is 3.52. The fraction of sp³-hybridized carbons (Fsp3) is 0.538. The van der Waals surface area contributed by atoms with Crippen molar-refractivity contribution in [3.05, 3.63) is 34.6 Å². The lowest BCUT2D eigenvalue weighted by Crippen LogP contribution is -2.21. The summed E-state index contributed by atoms with van der Waals surface area (Å²) in [6.45, 7) is 0. The number of rotatable bonds is 3. The van der Waals surface area contributed by atoms with E-state index in [-0.39, 0.29) is 11.2 Å². The van der Waals surface area contributed by atoms with Crippen molar-refractivity contribution in [1.82, 2.24) is 0 Å². The van der Waals surface area contributed by atoms with Gasteiger partial charge in [0.05, 0.1) is 5.02 Å². The van der Waals surface area contributed by atoms with Crippen LogP contribution >= 0.6 is 27.5 Å². The van der Waals surface area contributed by atoms with Crippen molar-refractivity contribution in [2.75, 3.05) is 5.33 Å². The third kappa shape index (κ3) is 2.43. The van der Waals surface area contributed by atoms with E-state index in [1.54, 1.807) is 6.07 Å². The summed E-state index contributed by atoms with van der Waals surface area (Å²) in [6, 6.07) is 5.10. The Balaban J connectivity index is 2.22. The molecular weight excluding hydrogens is 290 g/mol. The van der Waals surface area contributed by atoms with Crippen molar-refractivity contribution in [2.24, 2.45) is 5.41 Å². The summed E-state index contributed by atoms with van der Waals surface area (Å²) >= 11 is 9.60. The third-order valence-electron chi connectivity index (χ3n) is 3.54. The summed E-state index contributed by atoms with van der Waals surface area (Å²) in [7, 11) is 0. The predicted molar refractivity (Wildman–Crippen MR) is 69.8 cm³/mol. The van der Waals surface area contributed by atoms with Crippen LogP contribution in [0, 0.1) is 11.2 Å². The Morgan fingerprint density at radius 3 is 2.62 bits per heavy atom. The van der Waals surface area contributed by atoms with Crippen LogP contribution in [0.3, 0.4) is 0 Å². The van der Waals surface area contributed by atoms with Gasteiger partial charge < -0.3 is 0 Å². The lowest BCUT2D eigenvalue weighted by Gasteiger charge is -2.27. The average molecular weight is 306 g/mol. The first-order valence-corrected chi connectivity index (χ1v) is 7.16. The van der Waals surface area contributed by atoms with Gasteiger partial charge in [-0.2, -0.15) is 0 Å². The lowest BCUT2D eigenvalue weighted by molar-refractivity contribution is 0.346. The van der Waals surface area contributed by atoms with E-state index >= 15 is 0 Å². The molecule has 0 aliphatic heterocycles. The van der Waals surface area contributed by atoms with Crippen LogP contribution in [0.25, 0.3) is 0 Å². The van der Waals surface area contributed by atoms with Crippen LogP contribution in [0.1, 0.15) is 31.2 Å². The summed E-state index contributed by atoms with van der Waals surface area (Å²) in [5.41, 5.74) is 1.24. The first-order valence-electron chi connectivity index (χ1n) is 5.66. The number of alkyl halides is 1. The highest BCUT2D eigenvalue weighted by molar-refractivity contribution is 9.09. The number of hydrogen-bond acceptors (Lipinski definition) is 0. The highest BCUT2D eigenvalue weighted by Crippen LogP contribution is 2.43. The monoisotopic (exact) mass is 304 g/mol. The van der Waals surface area contributed by atoms with E-state index in [4.69, 9.17) is 11.6 Å². The SMILES string of the molecule is Fc1cccc(CC2(CBr)CCCC2)c1Cl. The molecule has 0 radical (unpaired) electrons. The van der Waals surface area contributed by atoms with Gasteiger partial charge in [0, 0.05) is 5.33 Å². The minimum Gasteiger partial charge on any atom is -0.205 e. The molecule has 0 amide bonds. The molecule has 3 heteroatoms. The molecule has 2 rings (SSSR count). The Hall–Kier alpha value is -0.0800. The van der Waals surface area contributed by atoms with Crippen LogP contribution < -0.4 is 0 Å². The molecule has 0 N–H and O–H groups in total. The number of benzene rings is 1. The third-order valence-corrected chi connectivity index (χ3v) is 5.16. The van der Waals surface area contributed by atoms with Crippen molar-refractivity contribution in [3.63, 3.8) is 0 Å². The van der Waals surface area contributed by atoms with E-state index < -0.39 is 0 Å². The minimum absolute atomic E-state index is 0.289. The van der Waals surface area contributed by atoms with Gasteiger partial charge in [0.15, 0.2) is 0 Å². The van der Waals surface area contributed by atoms with E-state index in [2.05, 4.69) is 15.9 Å². The zero-order valence-electron chi connectivity index (χ0n) is 9.11. The van der Waals surface area contributed by atoms with E-state index in [9.17, 15) is 4.39 Å². The first kappa shape index (κ1) is 12.4. The molecule has 0 aromatic heterocycles.